The van der Waals surface area contributed by atoms with E-state index < -0.39 is 11.7 Å². The van der Waals surface area contributed by atoms with Crippen molar-refractivity contribution in [3.63, 3.8) is 0 Å². The number of nitrogens with zero attached hydrogens (tertiary/aromatic N) is 1. The van der Waals surface area contributed by atoms with Gasteiger partial charge in [-0.25, -0.2) is 4.39 Å². The first-order valence-electron chi connectivity index (χ1n) is 5.53. The van der Waals surface area contributed by atoms with E-state index >= 15 is 0 Å². The smallest absolute Gasteiger partial charge is 0.256 e. The van der Waals surface area contributed by atoms with Crippen LogP contribution in [0.3, 0.4) is 0 Å². The zero-order valence-electron chi connectivity index (χ0n) is 10.4. The summed E-state index contributed by atoms with van der Waals surface area (Å²) in [7, 11) is 1.46. The Balaban J connectivity index is 2.80. The van der Waals surface area contributed by atoms with Gasteiger partial charge in [0.25, 0.3) is 5.91 Å². The maximum atomic E-state index is 13.0. The summed E-state index contributed by atoms with van der Waals surface area (Å²) in [6.07, 6.45) is 0. The van der Waals surface area contributed by atoms with Crippen molar-refractivity contribution in [1.82, 2.24) is 10.2 Å². The van der Waals surface area contributed by atoms with Gasteiger partial charge in [-0.05, 0) is 25.1 Å². The Kier molecular flexibility index (Phi) is 4.65. The highest BCUT2D eigenvalue weighted by Gasteiger charge is 2.17. The largest absolute Gasteiger partial charge is 0.398 e. The highest BCUT2D eigenvalue weighted by molar-refractivity contribution is 6.00. The van der Waals surface area contributed by atoms with Crippen molar-refractivity contribution < 1.29 is 14.0 Å². The number of likely N-dealkylation sites (N-methyl/N-ethyl adjacent to an activating group) is 2. The summed E-state index contributed by atoms with van der Waals surface area (Å²) in [6.45, 7) is 2.18. The van der Waals surface area contributed by atoms with E-state index in [4.69, 9.17) is 5.73 Å². The number of carbonyl (C=O) groups is 2. The van der Waals surface area contributed by atoms with Gasteiger partial charge in [-0.3, -0.25) is 9.59 Å². The Hall–Kier alpha value is -2.11. The molecular weight excluding hydrogens is 237 g/mol. The van der Waals surface area contributed by atoms with Crippen molar-refractivity contribution in [2.45, 2.75) is 6.92 Å². The molecule has 1 rings (SSSR count). The van der Waals surface area contributed by atoms with Crippen LogP contribution in [0.15, 0.2) is 18.2 Å². The molecule has 0 bridgehead atoms. The molecule has 0 radical (unpaired) electrons. The van der Waals surface area contributed by atoms with Gasteiger partial charge in [0.2, 0.25) is 5.91 Å². The Morgan fingerprint density at radius 3 is 2.72 bits per heavy atom. The molecule has 0 spiro atoms. The van der Waals surface area contributed by atoms with Crippen LogP contribution in [0.25, 0.3) is 0 Å². The zero-order chi connectivity index (χ0) is 13.7. The number of benzene rings is 1. The van der Waals surface area contributed by atoms with Crippen molar-refractivity contribution in [1.29, 1.82) is 0 Å². The van der Waals surface area contributed by atoms with E-state index in [1.165, 1.54) is 24.1 Å². The van der Waals surface area contributed by atoms with E-state index in [1.54, 1.807) is 6.92 Å². The number of halogens is 1. The lowest BCUT2D eigenvalue weighted by molar-refractivity contribution is -0.121. The molecule has 0 aromatic heterocycles. The quantitative estimate of drug-likeness (QED) is 0.772. The third-order valence-electron chi connectivity index (χ3n) is 2.35. The Morgan fingerprint density at radius 1 is 1.44 bits per heavy atom. The van der Waals surface area contributed by atoms with E-state index in [2.05, 4.69) is 5.32 Å². The van der Waals surface area contributed by atoms with E-state index in [-0.39, 0.29) is 23.7 Å². The molecule has 0 heterocycles. The molecule has 1 aromatic rings. The van der Waals surface area contributed by atoms with Crippen LogP contribution >= 0.6 is 0 Å². The summed E-state index contributed by atoms with van der Waals surface area (Å²) in [6, 6.07) is 3.56. The van der Waals surface area contributed by atoms with E-state index in [0.29, 0.717) is 6.54 Å². The molecule has 2 amide bonds. The summed E-state index contributed by atoms with van der Waals surface area (Å²) in [4.78, 5) is 24.5. The van der Waals surface area contributed by atoms with Gasteiger partial charge in [-0.2, -0.15) is 0 Å². The molecular formula is C12H16FN3O2. The molecule has 0 aliphatic heterocycles. The molecule has 0 saturated carbocycles. The van der Waals surface area contributed by atoms with Crippen molar-refractivity contribution in [3.05, 3.63) is 29.6 Å². The van der Waals surface area contributed by atoms with Crippen LogP contribution in [0.4, 0.5) is 10.1 Å². The number of anilines is 1. The number of hydrogen-bond acceptors (Lipinski definition) is 3. The summed E-state index contributed by atoms with van der Waals surface area (Å²) >= 11 is 0. The van der Waals surface area contributed by atoms with Crippen LogP contribution in [0.1, 0.15) is 17.3 Å². The van der Waals surface area contributed by atoms with E-state index in [9.17, 15) is 14.0 Å². The third-order valence-corrected chi connectivity index (χ3v) is 2.35. The summed E-state index contributed by atoms with van der Waals surface area (Å²) in [5.74, 6) is -1.31. The highest BCUT2D eigenvalue weighted by Crippen LogP contribution is 2.15. The average molecular weight is 253 g/mol. The molecule has 0 fully saturated rings. The molecule has 5 nitrogen and oxygen atoms in total. The number of rotatable bonds is 4. The molecule has 6 heteroatoms. The average Bonchev–Trinajstić information content (AvgIpc) is 2.31. The molecule has 0 aliphatic rings. The number of nitrogens with two attached hydrogens (primary N) is 1. The van der Waals surface area contributed by atoms with Crippen LogP contribution < -0.4 is 11.1 Å². The number of hydrogen-bond donors (Lipinski definition) is 2. The number of nitrogens with one attached hydrogen (secondary N) is 1. The second-order valence-corrected chi connectivity index (χ2v) is 3.85. The lowest BCUT2D eigenvalue weighted by Crippen LogP contribution is -2.38. The number of carbonyl (C=O) groups excluding carboxylic acids is 2. The summed E-state index contributed by atoms with van der Waals surface area (Å²) in [5.41, 5.74) is 5.84. The van der Waals surface area contributed by atoms with Crippen LogP contribution in [-0.4, -0.2) is 36.9 Å². The van der Waals surface area contributed by atoms with Crippen LogP contribution in [-0.2, 0) is 4.79 Å². The molecule has 0 atom stereocenters. The van der Waals surface area contributed by atoms with Crippen molar-refractivity contribution in [2.75, 3.05) is 25.9 Å². The lowest BCUT2D eigenvalue weighted by Gasteiger charge is -2.17. The Bertz CT molecular complexity index is 463. The fourth-order valence-corrected chi connectivity index (χ4v) is 1.46. The van der Waals surface area contributed by atoms with Crippen LogP contribution in [0.2, 0.25) is 0 Å². The Labute approximate surface area is 105 Å². The minimum Gasteiger partial charge on any atom is -0.398 e. The fraction of sp³-hybridized carbons (Fsp3) is 0.333. The monoisotopic (exact) mass is 253 g/mol. The van der Waals surface area contributed by atoms with Crippen LogP contribution in [0, 0.1) is 5.82 Å². The van der Waals surface area contributed by atoms with Gasteiger partial charge in [-0.15, -0.1) is 0 Å². The molecule has 3 N–H and O–H groups in total. The topological polar surface area (TPSA) is 75.4 Å². The number of nitrogen functional groups attached to an aromatic ring is 1. The van der Waals surface area contributed by atoms with Gasteiger partial charge < -0.3 is 16.0 Å². The summed E-state index contributed by atoms with van der Waals surface area (Å²) in [5, 5.41) is 2.57. The van der Waals surface area contributed by atoms with Gasteiger partial charge in [0.05, 0.1) is 12.1 Å². The first-order chi connectivity index (χ1) is 8.45. The molecule has 18 heavy (non-hydrogen) atoms. The highest BCUT2D eigenvalue weighted by atomic mass is 19.1. The van der Waals surface area contributed by atoms with Gasteiger partial charge in [0.15, 0.2) is 0 Å². The van der Waals surface area contributed by atoms with Crippen molar-refractivity contribution >= 4 is 17.5 Å². The normalized spacial score (nSPS) is 9.94. The molecule has 1 aromatic carbocycles. The van der Waals surface area contributed by atoms with Gasteiger partial charge in [0.1, 0.15) is 5.82 Å². The molecule has 98 valence electrons. The molecule has 0 unspecified atom stereocenters. The van der Waals surface area contributed by atoms with Crippen molar-refractivity contribution in [3.8, 4) is 0 Å². The minimum absolute atomic E-state index is 0.0572. The van der Waals surface area contributed by atoms with Gasteiger partial charge in [-0.1, -0.05) is 0 Å². The Morgan fingerprint density at radius 2 is 2.11 bits per heavy atom. The number of amides is 2. The van der Waals surface area contributed by atoms with Gasteiger partial charge in [0, 0.05) is 19.3 Å². The lowest BCUT2D eigenvalue weighted by atomic mass is 10.1. The van der Waals surface area contributed by atoms with Gasteiger partial charge >= 0.3 is 0 Å². The molecule has 0 aliphatic carbocycles. The maximum Gasteiger partial charge on any atom is 0.256 e. The first kappa shape index (κ1) is 14.0. The predicted octanol–water partition coefficient (Wildman–Crippen LogP) is 0.616. The van der Waals surface area contributed by atoms with Crippen LogP contribution in [0.5, 0.6) is 0 Å². The zero-order valence-corrected chi connectivity index (χ0v) is 10.4. The standard InChI is InChI=1S/C12H16FN3O2/c1-3-15-11(17)7-16(2)12(18)9-6-8(13)4-5-10(9)14/h4-6H,3,7,14H2,1-2H3,(H,15,17). The second kappa shape index (κ2) is 6.00. The predicted molar refractivity (Wildman–Crippen MR) is 66.5 cm³/mol. The first-order valence-corrected chi connectivity index (χ1v) is 5.53. The maximum absolute atomic E-state index is 13.0. The summed E-state index contributed by atoms with van der Waals surface area (Å²) < 4.78 is 13.0. The molecule has 0 saturated heterocycles. The fourth-order valence-electron chi connectivity index (χ4n) is 1.46. The minimum atomic E-state index is -0.543. The van der Waals surface area contributed by atoms with Crippen molar-refractivity contribution in [2.24, 2.45) is 0 Å². The SMILES string of the molecule is CCNC(=O)CN(C)C(=O)c1cc(F)ccc1N. The second-order valence-electron chi connectivity index (χ2n) is 3.85. The van der Waals surface area contributed by atoms with E-state index in [0.717, 1.165) is 6.07 Å². The van der Waals surface area contributed by atoms with E-state index in [1.807, 2.05) is 0 Å². The third kappa shape index (κ3) is 3.44.